The zero-order valence-electron chi connectivity index (χ0n) is 21.9. The Morgan fingerprint density at radius 1 is 1.17 bits per heavy atom. The minimum Gasteiger partial charge on any atom is -0.377 e. The zero-order valence-corrected chi connectivity index (χ0v) is 23.5. The molecule has 2 aliphatic rings. The van der Waals surface area contributed by atoms with E-state index >= 15 is 0 Å². The second-order valence-electron chi connectivity index (χ2n) is 9.93. The molecule has 0 spiro atoms. The maximum Gasteiger partial charge on any atom is 0.319 e. The Bertz CT molecular complexity index is 1550. The fourth-order valence-electron chi connectivity index (χ4n) is 4.71. The van der Waals surface area contributed by atoms with Gasteiger partial charge in [0.1, 0.15) is 16.4 Å². The molecule has 5 rings (SSSR count). The van der Waals surface area contributed by atoms with Gasteiger partial charge in [0.15, 0.2) is 15.7 Å². The van der Waals surface area contributed by atoms with Crippen molar-refractivity contribution in [1.82, 2.24) is 15.3 Å². The van der Waals surface area contributed by atoms with Crippen molar-refractivity contribution in [2.75, 3.05) is 36.5 Å². The Hall–Kier alpha value is -3.42. The normalized spacial score (nSPS) is 18.3. The fraction of sp³-hybridized carbons (Fsp3) is 0.370. The summed E-state index contributed by atoms with van der Waals surface area (Å²) in [6.45, 7) is 2.69. The number of benzene rings is 2. The zero-order chi connectivity index (χ0) is 29.4. The van der Waals surface area contributed by atoms with E-state index in [9.17, 15) is 26.4 Å². The molecule has 1 saturated carbocycles. The van der Waals surface area contributed by atoms with E-state index in [1.807, 2.05) is 11.8 Å². The van der Waals surface area contributed by atoms with E-state index in [0.717, 1.165) is 12.1 Å². The van der Waals surface area contributed by atoms with Crippen molar-refractivity contribution in [2.24, 2.45) is 0 Å². The van der Waals surface area contributed by atoms with Crippen molar-refractivity contribution in [3.63, 3.8) is 0 Å². The summed E-state index contributed by atoms with van der Waals surface area (Å²) in [6, 6.07) is 10.6. The van der Waals surface area contributed by atoms with Crippen LogP contribution in [0.4, 0.5) is 29.5 Å². The van der Waals surface area contributed by atoms with E-state index < -0.39 is 39.4 Å². The van der Waals surface area contributed by atoms with Crippen LogP contribution in [0, 0.1) is 5.82 Å². The molecule has 1 aliphatic heterocycles. The average Bonchev–Trinajstić information content (AvgIpc) is 3.77. The topological polar surface area (TPSA) is 114 Å². The standard InChI is InChI=1S/C27H27ClF3N5O4S/c1-16-15-40-11-10-36(16)24-13-22(27(8-9-27)41(38,39)19-6-7-21(29)20(28)12-19)34-25(35-24)17-2-4-18(5-3-17)33-26(37)32-14-23(30)31/h2-7,12-13,16,23H,8-11,14-15H2,1H3,(H2,32,33,37)/t16-/m0/s1. The number of aromatic nitrogens is 2. The number of urea groups is 1. The van der Waals surface area contributed by atoms with Crippen molar-refractivity contribution in [1.29, 1.82) is 0 Å². The molecule has 14 heteroatoms. The van der Waals surface area contributed by atoms with E-state index in [-0.39, 0.29) is 21.8 Å². The molecule has 2 fully saturated rings. The van der Waals surface area contributed by atoms with Gasteiger partial charge in [0.05, 0.1) is 41.4 Å². The number of nitrogens with one attached hydrogen (secondary N) is 2. The summed E-state index contributed by atoms with van der Waals surface area (Å²) in [5, 5.41) is 4.25. The fourth-order valence-corrected chi connectivity index (χ4v) is 6.94. The predicted octanol–water partition coefficient (Wildman–Crippen LogP) is 5.01. The van der Waals surface area contributed by atoms with Crippen LogP contribution >= 0.6 is 11.6 Å². The van der Waals surface area contributed by atoms with Crippen LogP contribution in [0.1, 0.15) is 25.5 Å². The molecule has 1 aliphatic carbocycles. The number of hydrogen-bond acceptors (Lipinski definition) is 7. The minimum atomic E-state index is -4.00. The highest BCUT2D eigenvalue weighted by atomic mass is 35.5. The molecule has 1 aromatic heterocycles. The highest BCUT2D eigenvalue weighted by Crippen LogP contribution is 2.55. The number of sulfone groups is 1. The Kier molecular flexibility index (Phi) is 8.13. The molecule has 41 heavy (non-hydrogen) atoms. The lowest BCUT2D eigenvalue weighted by Gasteiger charge is -2.34. The Morgan fingerprint density at radius 3 is 2.54 bits per heavy atom. The molecule has 2 amide bonds. The van der Waals surface area contributed by atoms with Gasteiger partial charge >= 0.3 is 6.03 Å². The molecule has 2 aromatic carbocycles. The van der Waals surface area contributed by atoms with Crippen molar-refractivity contribution < 1.29 is 31.1 Å². The van der Waals surface area contributed by atoms with Gasteiger partial charge < -0.3 is 20.3 Å². The van der Waals surface area contributed by atoms with Gasteiger partial charge in [-0.15, -0.1) is 0 Å². The SMILES string of the molecule is C[C@H]1COCCN1c1cc(C2(S(=O)(=O)c3ccc(F)c(Cl)c3)CC2)nc(-c2ccc(NC(=O)NCC(F)F)cc2)n1. The first-order valence-corrected chi connectivity index (χ1v) is 14.7. The van der Waals surface area contributed by atoms with Crippen LogP contribution in [-0.4, -0.2) is 63.2 Å². The molecule has 0 bridgehead atoms. The number of alkyl halides is 2. The number of anilines is 2. The first-order chi connectivity index (χ1) is 19.5. The summed E-state index contributed by atoms with van der Waals surface area (Å²) in [5.41, 5.74) is 1.21. The van der Waals surface area contributed by atoms with Crippen LogP contribution in [0.2, 0.25) is 5.02 Å². The van der Waals surface area contributed by atoms with E-state index in [2.05, 4.69) is 10.6 Å². The van der Waals surface area contributed by atoms with Crippen LogP contribution in [0.15, 0.2) is 53.4 Å². The van der Waals surface area contributed by atoms with E-state index in [4.69, 9.17) is 26.3 Å². The van der Waals surface area contributed by atoms with Crippen molar-refractivity contribution >= 4 is 39.0 Å². The van der Waals surface area contributed by atoms with Crippen LogP contribution in [-0.2, 0) is 19.3 Å². The van der Waals surface area contributed by atoms with Gasteiger partial charge in [-0.2, -0.15) is 0 Å². The maximum absolute atomic E-state index is 13.9. The van der Waals surface area contributed by atoms with Crippen molar-refractivity contribution in [3.05, 3.63) is 65.1 Å². The average molecular weight is 610 g/mol. The third kappa shape index (κ3) is 5.97. The number of nitrogens with zero attached hydrogens (tertiary/aromatic N) is 3. The molecule has 2 heterocycles. The largest absolute Gasteiger partial charge is 0.377 e. The number of amides is 2. The first kappa shape index (κ1) is 29.1. The van der Waals surface area contributed by atoms with E-state index in [1.54, 1.807) is 30.3 Å². The van der Waals surface area contributed by atoms with E-state index in [0.29, 0.717) is 55.4 Å². The lowest BCUT2D eigenvalue weighted by molar-refractivity contribution is 0.0985. The summed E-state index contributed by atoms with van der Waals surface area (Å²) >= 11 is 5.91. The van der Waals surface area contributed by atoms with Crippen LogP contribution in [0.25, 0.3) is 11.4 Å². The van der Waals surface area contributed by atoms with Crippen LogP contribution in [0.5, 0.6) is 0 Å². The van der Waals surface area contributed by atoms with Gasteiger partial charge in [-0.05, 0) is 62.2 Å². The molecule has 0 unspecified atom stereocenters. The predicted molar refractivity (Wildman–Crippen MR) is 148 cm³/mol. The van der Waals surface area contributed by atoms with Gasteiger partial charge in [-0.1, -0.05) is 11.6 Å². The first-order valence-electron chi connectivity index (χ1n) is 12.9. The van der Waals surface area contributed by atoms with Gasteiger partial charge in [0.25, 0.3) is 6.43 Å². The quantitative estimate of drug-likeness (QED) is 0.345. The molecule has 218 valence electrons. The van der Waals surface area contributed by atoms with Gasteiger partial charge in [0, 0.05) is 23.9 Å². The van der Waals surface area contributed by atoms with Crippen LogP contribution < -0.4 is 15.5 Å². The van der Waals surface area contributed by atoms with Gasteiger partial charge in [-0.25, -0.2) is 36.4 Å². The number of carbonyl (C=O) groups excluding carboxylic acids is 1. The summed E-state index contributed by atoms with van der Waals surface area (Å²) in [5.74, 6) is 0.0873. The lowest BCUT2D eigenvalue weighted by Crippen LogP contribution is -2.44. The van der Waals surface area contributed by atoms with Gasteiger partial charge in [0.2, 0.25) is 0 Å². The summed E-state index contributed by atoms with van der Waals surface area (Å²) in [4.78, 5) is 23.2. The Labute approximate surface area is 240 Å². The number of ether oxygens (including phenoxy) is 1. The highest BCUT2D eigenvalue weighted by molar-refractivity contribution is 7.92. The third-order valence-corrected chi connectivity index (χ3v) is 9.89. The molecular weight excluding hydrogens is 583 g/mol. The lowest BCUT2D eigenvalue weighted by atomic mass is 10.1. The number of halogens is 4. The molecule has 9 nitrogen and oxygen atoms in total. The van der Waals surface area contributed by atoms with Crippen molar-refractivity contribution in [3.8, 4) is 11.4 Å². The molecule has 1 atom stereocenters. The number of rotatable bonds is 8. The second kappa shape index (κ2) is 11.5. The Morgan fingerprint density at radius 2 is 1.90 bits per heavy atom. The molecule has 3 aromatic rings. The molecule has 0 radical (unpaired) electrons. The maximum atomic E-state index is 13.9. The molecular formula is C27H27ClF3N5O4S. The second-order valence-corrected chi connectivity index (χ2v) is 12.6. The molecule has 2 N–H and O–H groups in total. The van der Waals surface area contributed by atoms with Gasteiger partial charge in [-0.3, -0.25) is 0 Å². The smallest absolute Gasteiger partial charge is 0.319 e. The number of morpholine rings is 1. The monoisotopic (exact) mass is 609 g/mol. The summed E-state index contributed by atoms with van der Waals surface area (Å²) < 4.78 is 70.5. The minimum absolute atomic E-state index is 0.0275. The van der Waals surface area contributed by atoms with E-state index in [1.165, 1.54) is 6.07 Å². The summed E-state index contributed by atoms with van der Waals surface area (Å²) in [7, 11) is -4.00. The number of hydrogen-bond donors (Lipinski definition) is 2. The Balaban J connectivity index is 1.52. The number of carbonyl (C=O) groups is 1. The van der Waals surface area contributed by atoms with Crippen LogP contribution in [0.3, 0.4) is 0 Å². The summed E-state index contributed by atoms with van der Waals surface area (Å²) in [6.07, 6.45) is -2.04. The van der Waals surface area contributed by atoms with Crippen molar-refractivity contribution in [2.45, 2.75) is 41.9 Å². The third-order valence-electron chi connectivity index (χ3n) is 7.08. The highest BCUT2D eigenvalue weighted by Gasteiger charge is 2.58. The molecule has 1 saturated heterocycles.